The highest BCUT2D eigenvalue weighted by Gasteiger charge is 2.29. The monoisotopic (exact) mass is 382 g/mol. The zero-order chi connectivity index (χ0) is 18.6. The molecule has 6 nitrogen and oxygen atoms in total. The van der Waals surface area contributed by atoms with E-state index in [1.807, 2.05) is 46.3 Å². The summed E-state index contributed by atoms with van der Waals surface area (Å²) in [7, 11) is 0. The molecular weight excluding hydrogens is 360 g/mol. The maximum absolute atomic E-state index is 12.5. The van der Waals surface area contributed by atoms with Gasteiger partial charge in [-0.25, -0.2) is 4.98 Å². The number of aromatic nitrogens is 2. The Hall–Kier alpha value is -2.67. The molecule has 0 spiro atoms. The number of para-hydroxylation sites is 2. The topological polar surface area (TPSA) is 76.0 Å². The van der Waals surface area contributed by atoms with Crippen LogP contribution in [0.1, 0.15) is 23.5 Å². The van der Waals surface area contributed by atoms with Gasteiger partial charge in [0.1, 0.15) is 12.4 Å². The van der Waals surface area contributed by atoms with Gasteiger partial charge in [0, 0.05) is 23.8 Å². The molecule has 0 radical (unpaired) electrons. The lowest BCUT2D eigenvalue weighted by Crippen LogP contribution is -2.29. The summed E-state index contributed by atoms with van der Waals surface area (Å²) in [6.07, 6.45) is 2.59. The number of imidazole rings is 1. The Kier molecular flexibility index (Phi) is 5.20. The second kappa shape index (κ2) is 7.92. The smallest absolute Gasteiger partial charge is 0.240 e. The van der Waals surface area contributed by atoms with Crippen molar-refractivity contribution in [2.75, 3.05) is 6.54 Å². The molecule has 2 amide bonds. The Morgan fingerprint density at radius 3 is 2.78 bits per heavy atom. The van der Waals surface area contributed by atoms with Gasteiger partial charge < -0.3 is 15.2 Å². The molecular formula is C20H22N4O2S. The van der Waals surface area contributed by atoms with Gasteiger partial charge in [-0.05, 0) is 36.4 Å². The van der Waals surface area contributed by atoms with Crippen LogP contribution in [-0.2, 0) is 29.1 Å². The Labute approximate surface area is 161 Å². The summed E-state index contributed by atoms with van der Waals surface area (Å²) in [4.78, 5) is 30.1. The lowest BCUT2D eigenvalue weighted by Gasteiger charge is -2.10. The minimum absolute atomic E-state index is 0.0465. The number of nitrogens with zero attached hydrogens (tertiary/aromatic N) is 2. The van der Waals surface area contributed by atoms with E-state index in [9.17, 15) is 9.59 Å². The maximum atomic E-state index is 12.5. The lowest BCUT2D eigenvalue weighted by atomic mass is 10.3. The third-order valence-corrected chi connectivity index (χ3v) is 5.55. The Balaban J connectivity index is 1.43. The van der Waals surface area contributed by atoms with Crippen LogP contribution >= 0.6 is 11.3 Å². The Morgan fingerprint density at radius 2 is 2.00 bits per heavy atom. The van der Waals surface area contributed by atoms with Crippen LogP contribution in [0.15, 0.2) is 41.8 Å². The third-order valence-electron chi connectivity index (χ3n) is 4.67. The Bertz CT molecular complexity index is 944. The van der Waals surface area contributed by atoms with E-state index in [0.717, 1.165) is 34.6 Å². The number of benzene rings is 1. The molecule has 2 heterocycles. The summed E-state index contributed by atoms with van der Waals surface area (Å²) in [5, 5.41) is 7.94. The predicted octanol–water partition coefficient (Wildman–Crippen LogP) is 2.48. The molecule has 3 aromatic rings. The van der Waals surface area contributed by atoms with Gasteiger partial charge >= 0.3 is 0 Å². The number of carbonyl (C=O) groups is 2. The fourth-order valence-corrected chi connectivity index (χ4v) is 3.72. The van der Waals surface area contributed by atoms with Crippen molar-refractivity contribution in [3.05, 3.63) is 52.5 Å². The molecule has 1 fully saturated rings. The zero-order valence-electron chi connectivity index (χ0n) is 15.0. The van der Waals surface area contributed by atoms with Gasteiger partial charge in [-0.1, -0.05) is 18.2 Å². The van der Waals surface area contributed by atoms with Gasteiger partial charge in [0.05, 0.1) is 17.6 Å². The average Bonchev–Trinajstić information content (AvgIpc) is 3.29. The van der Waals surface area contributed by atoms with E-state index in [1.165, 1.54) is 0 Å². The largest absolute Gasteiger partial charge is 0.355 e. The first-order chi connectivity index (χ1) is 13.2. The number of thiophene rings is 1. The molecule has 4 rings (SSSR count). The first-order valence-corrected chi connectivity index (χ1v) is 10.1. The van der Waals surface area contributed by atoms with E-state index in [0.29, 0.717) is 19.5 Å². The van der Waals surface area contributed by atoms with E-state index in [-0.39, 0.29) is 24.3 Å². The molecule has 0 saturated heterocycles. The number of hydrogen-bond acceptors (Lipinski definition) is 4. The number of amides is 2. The average molecular weight is 382 g/mol. The molecule has 27 heavy (non-hydrogen) atoms. The SMILES string of the molecule is O=C(Cn1c(CCNC(=O)C2CC2)nc2ccccc21)NCc1cccs1. The van der Waals surface area contributed by atoms with Gasteiger partial charge in [-0.3, -0.25) is 9.59 Å². The molecule has 0 unspecified atom stereocenters. The summed E-state index contributed by atoms with van der Waals surface area (Å²) < 4.78 is 1.95. The van der Waals surface area contributed by atoms with Crippen molar-refractivity contribution in [2.24, 2.45) is 5.92 Å². The predicted molar refractivity (Wildman–Crippen MR) is 105 cm³/mol. The molecule has 0 aliphatic heterocycles. The highest BCUT2D eigenvalue weighted by molar-refractivity contribution is 7.09. The minimum Gasteiger partial charge on any atom is -0.355 e. The quantitative estimate of drug-likeness (QED) is 0.628. The second-order valence-corrected chi connectivity index (χ2v) is 7.81. The van der Waals surface area contributed by atoms with Crippen molar-refractivity contribution in [2.45, 2.75) is 32.4 Å². The van der Waals surface area contributed by atoms with Gasteiger partial charge in [-0.15, -0.1) is 11.3 Å². The molecule has 1 aliphatic carbocycles. The summed E-state index contributed by atoms with van der Waals surface area (Å²) in [5.74, 6) is 1.10. The standard InChI is InChI=1S/C20H22N4O2S/c25-19(22-12-15-4-3-11-27-15)13-24-17-6-2-1-5-16(17)23-18(24)9-10-21-20(26)14-7-8-14/h1-6,11,14H,7-10,12-13H2,(H,21,26)(H,22,25). The normalized spacial score (nSPS) is 13.6. The van der Waals surface area contributed by atoms with Crippen LogP contribution in [0.25, 0.3) is 11.0 Å². The minimum atomic E-state index is -0.0465. The number of fused-ring (bicyclic) bond motifs is 1. The van der Waals surface area contributed by atoms with Gasteiger partial charge in [0.25, 0.3) is 0 Å². The third kappa shape index (κ3) is 4.36. The number of carbonyl (C=O) groups excluding carboxylic acids is 2. The summed E-state index contributed by atoms with van der Waals surface area (Å²) >= 11 is 1.63. The molecule has 140 valence electrons. The van der Waals surface area contributed by atoms with E-state index in [1.54, 1.807) is 11.3 Å². The first kappa shape index (κ1) is 17.7. The molecule has 0 atom stereocenters. The van der Waals surface area contributed by atoms with Gasteiger partial charge in [-0.2, -0.15) is 0 Å². The fraction of sp³-hybridized carbons (Fsp3) is 0.350. The number of hydrogen-bond donors (Lipinski definition) is 2. The van der Waals surface area contributed by atoms with Crippen LogP contribution in [0, 0.1) is 5.92 Å². The van der Waals surface area contributed by atoms with Gasteiger partial charge in [0.15, 0.2) is 0 Å². The Morgan fingerprint density at radius 1 is 1.15 bits per heavy atom. The maximum Gasteiger partial charge on any atom is 0.240 e. The molecule has 1 aliphatic rings. The molecule has 1 saturated carbocycles. The van der Waals surface area contributed by atoms with E-state index in [4.69, 9.17) is 0 Å². The van der Waals surface area contributed by atoms with Crippen LogP contribution in [0.2, 0.25) is 0 Å². The molecule has 2 N–H and O–H groups in total. The molecule has 2 aromatic heterocycles. The number of nitrogens with one attached hydrogen (secondary N) is 2. The zero-order valence-corrected chi connectivity index (χ0v) is 15.8. The van der Waals surface area contributed by atoms with Crippen molar-refractivity contribution >= 4 is 34.2 Å². The van der Waals surface area contributed by atoms with Crippen LogP contribution in [0.4, 0.5) is 0 Å². The summed E-state index contributed by atoms with van der Waals surface area (Å²) in [5.41, 5.74) is 1.80. The van der Waals surface area contributed by atoms with Crippen molar-refractivity contribution < 1.29 is 9.59 Å². The summed E-state index contributed by atoms with van der Waals surface area (Å²) in [6.45, 7) is 1.29. The van der Waals surface area contributed by atoms with Crippen molar-refractivity contribution in [3.63, 3.8) is 0 Å². The van der Waals surface area contributed by atoms with Crippen LogP contribution in [0.5, 0.6) is 0 Å². The van der Waals surface area contributed by atoms with E-state index >= 15 is 0 Å². The van der Waals surface area contributed by atoms with Crippen molar-refractivity contribution in [3.8, 4) is 0 Å². The van der Waals surface area contributed by atoms with Crippen molar-refractivity contribution in [1.82, 2.24) is 20.2 Å². The molecule has 1 aromatic carbocycles. The van der Waals surface area contributed by atoms with Gasteiger partial charge in [0.2, 0.25) is 11.8 Å². The van der Waals surface area contributed by atoms with E-state index < -0.39 is 0 Å². The highest BCUT2D eigenvalue weighted by atomic mass is 32.1. The van der Waals surface area contributed by atoms with Crippen molar-refractivity contribution in [1.29, 1.82) is 0 Å². The first-order valence-electron chi connectivity index (χ1n) is 9.21. The highest BCUT2D eigenvalue weighted by Crippen LogP contribution is 2.28. The summed E-state index contributed by atoms with van der Waals surface area (Å²) in [6, 6.07) is 11.8. The molecule has 0 bridgehead atoms. The number of rotatable bonds is 8. The van der Waals surface area contributed by atoms with Crippen LogP contribution in [-0.4, -0.2) is 27.9 Å². The van der Waals surface area contributed by atoms with Crippen LogP contribution < -0.4 is 10.6 Å². The van der Waals surface area contributed by atoms with E-state index in [2.05, 4.69) is 15.6 Å². The van der Waals surface area contributed by atoms with Crippen LogP contribution in [0.3, 0.4) is 0 Å². The fourth-order valence-electron chi connectivity index (χ4n) is 3.08. The lowest BCUT2D eigenvalue weighted by molar-refractivity contribution is -0.123. The molecule has 7 heteroatoms. The second-order valence-electron chi connectivity index (χ2n) is 6.77.